The van der Waals surface area contributed by atoms with E-state index in [2.05, 4.69) is 153 Å². The van der Waals surface area contributed by atoms with Crippen LogP contribution in [0.2, 0.25) is 0 Å². The molecule has 280 valence electrons. The SMILES string of the molecule is Cc1cc(-c2nc(-c3ccccc3)nc(-c3ccccc3)n2)ccc1-n1c2ccccc2c2c3c(ccc21)-c1ccccc1C3(c1ccccc1C)c1ccccc1C. The highest BCUT2D eigenvalue weighted by molar-refractivity contribution is 6.15. The van der Waals surface area contributed by atoms with Gasteiger partial charge in [0.15, 0.2) is 17.5 Å². The van der Waals surface area contributed by atoms with E-state index < -0.39 is 5.41 Å². The number of hydrogen-bond acceptors (Lipinski definition) is 3. The van der Waals surface area contributed by atoms with E-state index in [1.807, 2.05) is 60.7 Å². The Labute approximate surface area is 344 Å². The molecule has 0 spiro atoms. The second kappa shape index (κ2) is 13.6. The molecule has 10 aromatic rings. The van der Waals surface area contributed by atoms with Crippen molar-refractivity contribution >= 4 is 21.8 Å². The van der Waals surface area contributed by atoms with E-state index in [4.69, 9.17) is 15.0 Å². The minimum absolute atomic E-state index is 0.540. The Kier molecular flexibility index (Phi) is 8.02. The largest absolute Gasteiger partial charge is 0.309 e. The highest BCUT2D eigenvalue weighted by Gasteiger charge is 2.49. The number of para-hydroxylation sites is 1. The van der Waals surface area contributed by atoms with Gasteiger partial charge in [-0.15, -0.1) is 0 Å². The first kappa shape index (κ1) is 34.8. The van der Waals surface area contributed by atoms with Crippen LogP contribution >= 0.6 is 0 Å². The fourth-order valence-corrected chi connectivity index (χ4v) is 9.79. The van der Waals surface area contributed by atoms with Crippen molar-refractivity contribution in [1.82, 2.24) is 19.5 Å². The minimum atomic E-state index is -0.540. The molecule has 0 radical (unpaired) electrons. The lowest BCUT2D eigenvalue weighted by molar-refractivity contribution is 0.761. The molecule has 0 amide bonds. The summed E-state index contributed by atoms with van der Waals surface area (Å²) in [7, 11) is 0. The van der Waals surface area contributed by atoms with Gasteiger partial charge in [0.2, 0.25) is 0 Å². The first-order valence-electron chi connectivity index (χ1n) is 20.3. The van der Waals surface area contributed by atoms with Crippen molar-refractivity contribution in [2.24, 2.45) is 0 Å². The number of nitrogens with zero attached hydrogens (tertiary/aromatic N) is 4. The van der Waals surface area contributed by atoms with Gasteiger partial charge in [0.05, 0.1) is 16.4 Å². The van der Waals surface area contributed by atoms with Crippen LogP contribution in [0.25, 0.3) is 72.8 Å². The van der Waals surface area contributed by atoms with E-state index >= 15 is 0 Å². The third-order valence-electron chi connectivity index (χ3n) is 12.3. The van der Waals surface area contributed by atoms with Crippen molar-refractivity contribution in [3.63, 3.8) is 0 Å². The Bertz CT molecular complexity index is 3150. The average molecular weight is 757 g/mol. The molecule has 4 heteroatoms. The molecule has 1 aliphatic carbocycles. The third kappa shape index (κ3) is 5.26. The maximum absolute atomic E-state index is 5.05. The summed E-state index contributed by atoms with van der Waals surface area (Å²) < 4.78 is 2.46. The fraction of sp³-hybridized carbons (Fsp3) is 0.0727. The molecule has 0 unspecified atom stereocenters. The molecule has 0 N–H and O–H groups in total. The molecule has 0 atom stereocenters. The predicted octanol–water partition coefficient (Wildman–Crippen LogP) is 13.3. The number of aromatic nitrogens is 4. The van der Waals surface area contributed by atoms with Gasteiger partial charge in [0, 0.05) is 33.2 Å². The summed E-state index contributed by atoms with van der Waals surface area (Å²) in [6.07, 6.45) is 0. The van der Waals surface area contributed by atoms with Gasteiger partial charge in [-0.25, -0.2) is 15.0 Å². The summed E-state index contributed by atoms with van der Waals surface area (Å²) in [6, 6.07) is 67.6. The molecular formula is C55H40N4. The van der Waals surface area contributed by atoms with Gasteiger partial charge in [0.1, 0.15) is 0 Å². The second-order valence-corrected chi connectivity index (χ2v) is 15.7. The first-order valence-corrected chi connectivity index (χ1v) is 20.3. The Morgan fingerprint density at radius 1 is 0.390 bits per heavy atom. The summed E-state index contributed by atoms with van der Waals surface area (Å²) in [4.78, 5) is 15.0. The number of hydrogen-bond donors (Lipinski definition) is 0. The Morgan fingerprint density at radius 2 is 0.915 bits per heavy atom. The zero-order chi connectivity index (χ0) is 39.7. The van der Waals surface area contributed by atoms with Crippen molar-refractivity contribution < 1.29 is 0 Å². The van der Waals surface area contributed by atoms with E-state index in [1.165, 1.54) is 66.3 Å². The summed E-state index contributed by atoms with van der Waals surface area (Å²) in [6.45, 7) is 6.73. The Balaban J connectivity index is 1.17. The second-order valence-electron chi connectivity index (χ2n) is 15.7. The fourth-order valence-electron chi connectivity index (χ4n) is 9.79. The molecule has 59 heavy (non-hydrogen) atoms. The van der Waals surface area contributed by atoms with Gasteiger partial charge in [0.25, 0.3) is 0 Å². The number of rotatable bonds is 6. The zero-order valence-electron chi connectivity index (χ0n) is 33.2. The maximum Gasteiger partial charge on any atom is 0.164 e. The highest BCUT2D eigenvalue weighted by atomic mass is 15.0. The van der Waals surface area contributed by atoms with Crippen molar-refractivity contribution in [2.45, 2.75) is 26.2 Å². The van der Waals surface area contributed by atoms with Gasteiger partial charge in [-0.2, -0.15) is 0 Å². The molecule has 0 aliphatic heterocycles. The molecule has 0 bridgehead atoms. The van der Waals surface area contributed by atoms with Crippen molar-refractivity contribution in [3.8, 4) is 51.0 Å². The monoisotopic (exact) mass is 756 g/mol. The summed E-state index contributed by atoms with van der Waals surface area (Å²) in [5, 5.41) is 2.52. The lowest BCUT2D eigenvalue weighted by atomic mass is 9.64. The van der Waals surface area contributed by atoms with Crippen LogP contribution in [-0.4, -0.2) is 19.5 Å². The molecule has 2 aromatic heterocycles. The highest BCUT2D eigenvalue weighted by Crippen LogP contribution is 2.60. The third-order valence-corrected chi connectivity index (χ3v) is 12.3. The Hall–Kier alpha value is -7.43. The average Bonchev–Trinajstić information content (AvgIpc) is 3.78. The summed E-state index contributed by atoms with van der Waals surface area (Å²) in [5.41, 5.74) is 17.3. The van der Waals surface area contributed by atoms with Crippen LogP contribution in [0.5, 0.6) is 0 Å². The molecule has 0 saturated heterocycles. The zero-order valence-corrected chi connectivity index (χ0v) is 33.2. The van der Waals surface area contributed by atoms with Crippen LogP contribution < -0.4 is 0 Å². The van der Waals surface area contributed by atoms with E-state index in [0.717, 1.165) is 27.9 Å². The number of fused-ring (bicyclic) bond motifs is 7. The van der Waals surface area contributed by atoms with Gasteiger partial charge in [-0.1, -0.05) is 158 Å². The smallest absolute Gasteiger partial charge is 0.164 e. The van der Waals surface area contributed by atoms with Gasteiger partial charge in [-0.05, 0) is 101 Å². The minimum Gasteiger partial charge on any atom is -0.309 e. The molecule has 2 heterocycles. The van der Waals surface area contributed by atoms with E-state index in [1.54, 1.807) is 0 Å². The van der Waals surface area contributed by atoms with Crippen molar-refractivity contribution in [2.75, 3.05) is 0 Å². The molecule has 0 fully saturated rings. The van der Waals surface area contributed by atoms with Crippen molar-refractivity contribution in [3.05, 3.63) is 227 Å². The van der Waals surface area contributed by atoms with E-state index in [0.29, 0.717) is 17.5 Å². The molecular weight excluding hydrogens is 717 g/mol. The summed E-state index contributed by atoms with van der Waals surface area (Å²) in [5.74, 6) is 1.95. The summed E-state index contributed by atoms with van der Waals surface area (Å²) >= 11 is 0. The van der Waals surface area contributed by atoms with Crippen LogP contribution in [0.1, 0.15) is 38.9 Å². The lowest BCUT2D eigenvalue weighted by Crippen LogP contribution is -2.30. The molecule has 11 rings (SSSR count). The van der Waals surface area contributed by atoms with Crippen LogP contribution in [-0.2, 0) is 5.41 Å². The van der Waals surface area contributed by atoms with E-state index in [9.17, 15) is 0 Å². The predicted molar refractivity (Wildman–Crippen MR) is 242 cm³/mol. The van der Waals surface area contributed by atoms with Gasteiger partial charge < -0.3 is 4.57 Å². The number of aryl methyl sites for hydroxylation is 3. The van der Waals surface area contributed by atoms with Crippen LogP contribution in [0.3, 0.4) is 0 Å². The van der Waals surface area contributed by atoms with Gasteiger partial charge >= 0.3 is 0 Å². The lowest BCUT2D eigenvalue weighted by Gasteiger charge is -2.36. The quantitative estimate of drug-likeness (QED) is 0.170. The number of benzene rings is 8. The van der Waals surface area contributed by atoms with Gasteiger partial charge in [-0.3, -0.25) is 0 Å². The standard InChI is InChI=1S/C55H40N4/c1-35-18-10-14-26-44(35)55(45-27-15-11-19-36(45)2)46-28-16-12-24-41(46)42-31-33-49-50(51(42)55)43-25-13-17-29-48(43)59(49)47-32-30-40(34-37(47)3)54-57-52(38-20-6-4-7-21-38)56-53(58-54)39-22-8-5-9-23-39/h4-34H,1-3H3. The van der Waals surface area contributed by atoms with E-state index in [-0.39, 0.29) is 0 Å². The van der Waals surface area contributed by atoms with Crippen molar-refractivity contribution in [1.29, 1.82) is 0 Å². The van der Waals surface area contributed by atoms with Crippen LogP contribution in [0.4, 0.5) is 0 Å². The molecule has 8 aromatic carbocycles. The maximum atomic E-state index is 5.05. The normalized spacial score (nSPS) is 12.8. The molecule has 4 nitrogen and oxygen atoms in total. The topological polar surface area (TPSA) is 43.6 Å². The first-order chi connectivity index (χ1) is 29.0. The molecule has 1 aliphatic rings. The Morgan fingerprint density at radius 3 is 1.53 bits per heavy atom. The van der Waals surface area contributed by atoms with Crippen LogP contribution in [0, 0.1) is 20.8 Å². The van der Waals surface area contributed by atoms with Crippen LogP contribution in [0.15, 0.2) is 188 Å². The molecule has 0 saturated carbocycles.